The van der Waals surface area contributed by atoms with E-state index in [0.29, 0.717) is 46.1 Å². The quantitative estimate of drug-likeness (QED) is 0.303. The average molecular weight is 499 g/mol. The number of aromatic nitrogens is 2. The molecule has 8 heteroatoms. The Morgan fingerprint density at radius 3 is 2.56 bits per heavy atom. The Labute approximate surface area is 213 Å². The third kappa shape index (κ3) is 4.64. The number of benzene rings is 3. The number of nitrogens with zero attached hydrogens (tertiary/aromatic N) is 3. The summed E-state index contributed by atoms with van der Waals surface area (Å²) in [5.74, 6) is -0.130. The molecular weight excluding hydrogens is 472 g/mol. The van der Waals surface area contributed by atoms with E-state index < -0.39 is 0 Å². The zero-order valence-electron chi connectivity index (χ0n) is 20.2. The third-order valence-electron chi connectivity index (χ3n) is 6.37. The van der Waals surface area contributed by atoms with Crippen molar-refractivity contribution < 1.29 is 9.59 Å². The van der Waals surface area contributed by atoms with Gasteiger partial charge in [0.25, 0.3) is 5.56 Å². The van der Waals surface area contributed by atoms with Crippen LogP contribution in [0.2, 0.25) is 0 Å². The summed E-state index contributed by atoms with van der Waals surface area (Å²) >= 11 is 1.21. The highest BCUT2D eigenvalue weighted by Gasteiger charge is 2.24. The molecule has 0 radical (unpaired) electrons. The maximum atomic E-state index is 13.5. The SMILES string of the molecule is Cc1ccc(-n2c(SCC(=O)Nc3ccccc3N3CCCC3=O)nc3ccccc3c2=O)cc1C. The van der Waals surface area contributed by atoms with Crippen molar-refractivity contribution in [3.63, 3.8) is 0 Å². The fraction of sp³-hybridized carbons (Fsp3) is 0.214. The second kappa shape index (κ2) is 9.99. The van der Waals surface area contributed by atoms with Crippen LogP contribution >= 0.6 is 11.8 Å². The second-order valence-electron chi connectivity index (χ2n) is 8.82. The molecule has 0 aliphatic carbocycles. The first-order valence-electron chi connectivity index (χ1n) is 11.8. The van der Waals surface area contributed by atoms with E-state index in [0.717, 1.165) is 17.5 Å². The monoisotopic (exact) mass is 498 g/mol. The number of nitrogens with one attached hydrogen (secondary N) is 1. The third-order valence-corrected chi connectivity index (χ3v) is 7.31. The lowest BCUT2D eigenvalue weighted by Crippen LogP contribution is -2.26. The van der Waals surface area contributed by atoms with Gasteiger partial charge in [-0.25, -0.2) is 4.98 Å². The van der Waals surface area contributed by atoms with Crippen molar-refractivity contribution >= 4 is 45.9 Å². The number of amides is 2. The van der Waals surface area contributed by atoms with Crippen molar-refractivity contribution in [2.45, 2.75) is 31.8 Å². The molecule has 2 heterocycles. The molecule has 182 valence electrons. The smallest absolute Gasteiger partial charge is 0.266 e. The van der Waals surface area contributed by atoms with Gasteiger partial charge < -0.3 is 10.2 Å². The summed E-state index contributed by atoms with van der Waals surface area (Å²) in [6.45, 7) is 4.67. The van der Waals surface area contributed by atoms with Crippen molar-refractivity contribution in [2.24, 2.45) is 0 Å². The van der Waals surface area contributed by atoms with E-state index in [9.17, 15) is 14.4 Å². The lowest BCUT2D eigenvalue weighted by Gasteiger charge is -2.20. The van der Waals surface area contributed by atoms with Gasteiger partial charge in [-0.2, -0.15) is 0 Å². The number of thioether (sulfide) groups is 1. The van der Waals surface area contributed by atoms with Crippen LogP contribution in [-0.4, -0.2) is 33.7 Å². The van der Waals surface area contributed by atoms with Crippen LogP contribution in [0.3, 0.4) is 0 Å². The standard InChI is InChI=1S/C28H26N4O3S/c1-18-13-14-20(16-19(18)2)32-27(35)21-8-3-4-9-22(21)30-28(32)36-17-25(33)29-23-10-5-6-11-24(23)31-15-7-12-26(31)34/h3-6,8-11,13-14,16H,7,12,15,17H2,1-2H3,(H,29,33). The number of fused-ring (bicyclic) bond motifs is 1. The molecule has 1 aliphatic rings. The van der Waals surface area contributed by atoms with Crippen molar-refractivity contribution in [1.82, 2.24) is 9.55 Å². The molecule has 0 spiro atoms. The molecule has 1 aromatic heterocycles. The summed E-state index contributed by atoms with van der Waals surface area (Å²) in [4.78, 5) is 45.1. The molecule has 36 heavy (non-hydrogen) atoms. The fourth-order valence-electron chi connectivity index (χ4n) is 4.34. The largest absolute Gasteiger partial charge is 0.324 e. The maximum absolute atomic E-state index is 13.5. The first kappa shape index (κ1) is 23.8. The van der Waals surface area contributed by atoms with Crippen LogP contribution in [0.15, 0.2) is 76.7 Å². The average Bonchev–Trinajstić information content (AvgIpc) is 3.30. The highest BCUT2D eigenvalue weighted by atomic mass is 32.2. The molecule has 1 saturated heterocycles. The van der Waals surface area contributed by atoms with Crippen LogP contribution in [0.1, 0.15) is 24.0 Å². The first-order chi connectivity index (χ1) is 17.4. The molecule has 1 N–H and O–H groups in total. The fourth-order valence-corrected chi connectivity index (χ4v) is 5.15. The van der Waals surface area contributed by atoms with Gasteiger partial charge in [-0.05, 0) is 67.8 Å². The van der Waals surface area contributed by atoms with Crippen LogP contribution in [0.4, 0.5) is 11.4 Å². The summed E-state index contributed by atoms with van der Waals surface area (Å²) in [7, 11) is 0. The number of aryl methyl sites for hydroxylation is 2. The van der Waals surface area contributed by atoms with Crippen molar-refractivity contribution in [1.29, 1.82) is 0 Å². The number of hydrogen-bond donors (Lipinski definition) is 1. The summed E-state index contributed by atoms with van der Waals surface area (Å²) in [5.41, 5.74) is 4.61. The lowest BCUT2D eigenvalue weighted by atomic mass is 10.1. The van der Waals surface area contributed by atoms with Gasteiger partial charge in [-0.15, -0.1) is 0 Å². The van der Waals surface area contributed by atoms with Gasteiger partial charge in [-0.3, -0.25) is 19.0 Å². The molecule has 2 amide bonds. The molecule has 0 unspecified atom stereocenters. The Hall–Kier alpha value is -3.91. The highest BCUT2D eigenvalue weighted by Crippen LogP contribution is 2.30. The Bertz CT molecular complexity index is 1550. The van der Waals surface area contributed by atoms with E-state index in [1.807, 2.05) is 62.4 Å². The predicted octanol–water partition coefficient (Wildman–Crippen LogP) is 4.86. The number of carbonyl (C=O) groups is 2. The van der Waals surface area contributed by atoms with Gasteiger partial charge in [0, 0.05) is 13.0 Å². The summed E-state index contributed by atoms with van der Waals surface area (Å²) in [6.07, 6.45) is 1.32. The number of rotatable bonds is 6. The summed E-state index contributed by atoms with van der Waals surface area (Å²) in [5, 5.41) is 3.90. The molecular formula is C28H26N4O3S. The lowest BCUT2D eigenvalue weighted by molar-refractivity contribution is -0.117. The molecule has 3 aromatic carbocycles. The van der Waals surface area contributed by atoms with E-state index in [1.165, 1.54) is 11.8 Å². The van der Waals surface area contributed by atoms with Crippen LogP contribution in [-0.2, 0) is 9.59 Å². The van der Waals surface area contributed by atoms with E-state index >= 15 is 0 Å². The van der Waals surface area contributed by atoms with Gasteiger partial charge in [0.15, 0.2) is 5.16 Å². The molecule has 1 aliphatic heterocycles. The number of anilines is 2. The number of carbonyl (C=O) groups excluding carboxylic acids is 2. The van der Waals surface area contributed by atoms with Crippen molar-refractivity contribution in [2.75, 3.05) is 22.5 Å². The molecule has 0 atom stereocenters. The summed E-state index contributed by atoms with van der Waals surface area (Å²) in [6, 6.07) is 20.4. The Kier molecular flexibility index (Phi) is 6.61. The molecule has 4 aromatic rings. The van der Waals surface area contributed by atoms with Gasteiger partial charge >= 0.3 is 0 Å². The topological polar surface area (TPSA) is 84.3 Å². The Morgan fingerprint density at radius 2 is 1.78 bits per heavy atom. The van der Waals surface area contributed by atoms with E-state index in [4.69, 9.17) is 4.98 Å². The van der Waals surface area contributed by atoms with E-state index in [1.54, 1.807) is 27.7 Å². The minimum Gasteiger partial charge on any atom is -0.324 e. The zero-order chi connectivity index (χ0) is 25.2. The zero-order valence-corrected chi connectivity index (χ0v) is 21.0. The number of para-hydroxylation sites is 3. The molecule has 1 fully saturated rings. The molecule has 0 bridgehead atoms. The molecule has 5 rings (SSSR count). The minimum absolute atomic E-state index is 0.0535. The van der Waals surface area contributed by atoms with Gasteiger partial charge in [0.05, 0.1) is 33.7 Å². The Balaban J connectivity index is 1.44. The van der Waals surface area contributed by atoms with E-state index in [-0.39, 0.29) is 23.1 Å². The number of hydrogen-bond acceptors (Lipinski definition) is 5. The minimum atomic E-state index is -0.242. The highest BCUT2D eigenvalue weighted by molar-refractivity contribution is 7.99. The summed E-state index contributed by atoms with van der Waals surface area (Å²) < 4.78 is 1.57. The van der Waals surface area contributed by atoms with Crippen LogP contribution in [0, 0.1) is 13.8 Å². The molecule has 0 saturated carbocycles. The second-order valence-corrected chi connectivity index (χ2v) is 9.77. The maximum Gasteiger partial charge on any atom is 0.266 e. The van der Waals surface area contributed by atoms with Gasteiger partial charge in [0.2, 0.25) is 11.8 Å². The molecule has 7 nitrogen and oxygen atoms in total. The van der Waals surface area contributed by atoms with Crippen molar-refractivity contribution in [3.05, 3.63) is 88.2 Å². The van der Waals surface area contributed by atoms with Gasteiger partial charge in [0.1, 0.15) is 0 Å². The van der Waals surface area contributed by atoms with E-state index in [2.05, 4.69) is 5.32 Å². The van der Waals surface area contributed by atoms with Crippen LogP contribution in [0.25, 0.3) is 16.6 Å². The van der Waals surface area contributed by atoms with Crippen LogP contribution in [0.5, 0.6) is 0 Å². The van der Waals surface area contributed by atoms with Crippen LogP contribution < -0.4 is 15.8 Å². The Morgan fingerprint density at radius 1 is 1.00 bits per heavy atom. The van der Waals surface area contributed by atoms with Crippen molar-refractivity contribution in [3.8, 4) is 5.69 Å². The normalized spacial score (nSPS) is 13.4. The first-order valence-corrected chi connectivity index (χ1v) is 12.8. The van der Waals surface area contributed by atoms with Gasteiger partial charge in [-0.1, -0.05) is 42.1 Å². The predicted molar refractivity (Wildman–Crippen MR) is 144 cm³/mol.